The lowest BCUT2D eigenvalue weighted by molar-refractivity contribution is 0.0794. The molecule has 4 heteroatoms. The number of hydrogen-bond donors (Lipinski definition) is 1. The van der Waals surface area contributed by atoms with E-state index in [9.17, 15) is 14.3 Å². The Kier molecular flexibility index (Phi) is 3.06. The lowest BCUT2D eigenvalue weighted by Crippen LogP contribution is -2.27. The maximum Gasteiger partial charge on any atom is 0.260 e. The van der Waals surface area contributed by atoms with Gasteiger partial charge in [-0.1, -0.05) is 6.07 Å². The first-order valence-corrected chi connectivity index (χ1v) is 4.30. The van der Waals surface area contributed by atoms with E-state index in [-0.39, 0.29) is 11.3 Å². The zero-order valence-corrected chi connectivity index (χ0v) is 8.12. The Morgan fingerprint density at radius 1 is 1.57 bits per heavy atom. The van der Waals surface area contributed by atoms with Crippen LogP contribution in [0.3, 0.4) is 0 Å². The standard InChI is InChI=1S/C10H12FNO2/c1-3-12(2)10(14)9-7(11)5-4-6-8(9)13/h4-6,13H,3H2,1-2H3. The van der Waals surface area contributed by atoms with Gasteiger partial charge in [0.25, 0.3) is 5.91 Å². The molecule has 0 aliphatic rings. The van der Waals surface area contributed by atoms with Crippen LogP contribution in [-0.2, 0) is 0 Å². The van der Waals surface area contributed by atoms with Crippen molar-refractivity contribution in [3.05, 3.63) is 29.6 Å². The summed E-state index contributed by atoms with van der Waals surface area (Å²) in [5.74, 6) is -1.53. The second-order valence-electron chi connectivity index (χ2n) is 2.95. The van der Waals surface area contributed by atoms with Crippen molar-refractivity contribution in [2.45, 2.75) is 6.92 Å². The number of nitrogens with zero attached hydrogens (tertiary/aromatic N) is 1. The molecular weight excluding hydrogens is 185 g/mol. The normalized spacial score (nSPS) is 9.93. The summed E-state index contributed by atoms with van der Waals surface area (Å²) in [4.78, 5) is 12.9. The molecule has 76 valence electrons. The second-order valence-corrected chi connectivity index (χ2v) is 2.95. The first kappa shape index (κ1) is 10.5. The number of amides is 1. The van der Waals surface area contributed by atoms with Gasteiger partial charge in [-0.25, -0.2) is 4.39 Å². The van der Waals surface area contributed by atoms with Crippen LogP contribution in [0.2, 0.25) is 0 Å². The van der Waals surface area contributed by atoms with Gasteiger partial charge in [0.1, 0.15) is 17.1 Å². The molecule has 0 aliphatic carbocycles. The summed E-state index contributed by atoms with van der Waals surface area (Å²) in [6.07, 6.45) is 0. The Balaban J connectivity index is 3.12. The lowest BCUT2D eigenvalue weighted by Gasteiger charge is -2.15. The molecular formula is C10H12FNO2. The lowest BCUT2D eigenvalue weighted by atomic mass is 10.1. The SMILES string of the molecule is CCN(C)C(=O)c1c(O)cccc1F. The van der Waals surface area contributed by atoms with Gasteiger partial charge in [-0.3, -0.25) is 4.79 Å². The molecule has 0 bridgehead atoms. The van der Waals surface area contributed by atoms with Crippen molar-refractivity contribution in [1.29, 1.82) is 0 Å². The van der Waals surface area contributed by atoms with E-state index in [0.29, 0.717) is 6.54 Å². The highest BCUT2D eigenvalue weighted by molar-refractivity contribution is 5.96. The molecule has 0 heterocycles. The summed E-state index contributed by atoms with van der Waals surface area (Å²) >= 11 is 0. The van der Waals surface area contributed by atoms with Crippen molar-refractivity contribution in [3.8, 4) is 5.75 Å². The maximum absolute atomic E-state index is 13.2. The van der Waals surface area contributed by atoms with Crippen LogP contribution >= 0.6 is 0 Å². The highest BCUT2D eigenvalue weighted by Gasteiger charge is 2.18. The molecule has 0 atom stereocenters. The van der Waals surface area contributed by atoms with Gasteiger partial charge in [0.2, 0.25) is 0 Å². The second kappa shape index (κ2) is 4.09. The molecule has 0 fully saturated rings. The zero-order valence-electron chi connectivity index (χ0n) is 8.12. The first-order chi connectivity index (χ1) is 6.57. The minimum Gasteiger partial charge on any atom is -0.507 e. The van der Waals surface area contributed by atoms with Gasteiger partial charge in [0.15, 0.2) is 0 Å². The van der Waals surface area contributed by atoms with Crippen LogP contribution in [0, 0.1) is 5.82 Å². The van der Waals surface area contributed by atoms with Crippen LogP contribution in [0.4, 0.5) is 4.39 Å². The fraction of sp³-hybridized carbons (Fsp3) is 0.300. The van der Waals surface area contributed by atoms with Gasteiger partial charge in [-0.15, -0.1) is 0 Å². The topological polar surface area (TPSA) is 40.5 Å². The van der Waals surface area contributed by atoms with Gasteiger partial charge < -0.3 is 10.0 Å². The molecule has 1 rings (SSSR count). The molecule has 0 unspecified atom stereocenters. The number of phenols is 1. The fourth-order valence-electron chi connectivity index (χ4n) is 1.06. The molecule has 0 radical (unpaired) electrons. The minimum atomic E-state index is -0.699. The number of carbonyl (C=O) groups excluding carboxylic acids is 1. The van der Waals surface area contributed by atoms with Crippen molar-refractivity contribution in [2.75, 3.05) is 13.6 Å². The van der Waals surface area contributed by atoms with E-state index in [1.165, 1.54) is 17.0 Å². The monoisotopic (exact) mass is 197 g/mol. The number of halogens is 1. The number of aromatic hydroxyl groups is 1. The summed E-state index contributed by atoms with van der Waals surface area (Å²) in [6, 6.07) is 3.80. The van der Waals surface area contributed by atoms with Crippen molar-refractivity contribution in [1.82, 2.24) is 4.90 Å². The Morgan fingerprint density at radius 2 is 2.21 bits per heavy atom. The first-order valence-electron chi connectivity index (χ1n) is 4.30. The number of carbonyl (C=O) groups is 1. The quantitative estimate of drug-likeness (QED) is 0.782. The number of phenolic OH excluding ortho intramolecular Hbond substituents is 1. The number of benzene rings is 1. The average molecular weight is 197 g/mol. The third-order valence-corrected chi connectivity index (χ3v) is 2.03. The third kappa shape index (κ3) is 1.84. The maximum atomic E-state index is 13.2. The molecule has 14 heavy (non-hydrogen) atoms. The van der Waals surface area contributed by atoms with Crippen LogP contribution in [0.15, 0.2) is 18.2 Å². The molecule has 0 aromatic heterocycles. The van der Waals surface area contributed by atoms with Gasteiger partial charge in [0, 0.05) is 13.6 Å². The van der Waals surface area contributed by atoms with E-state index in [0.717, 1.165) is 6.07 Å². The van der Waals surface area contributed by atoms with E-state index >= 15 is 0 Å². The fourth-order valence-corrected chi connectivity index (χ4v) is 1.06. The Morgan fingerprint density at radius 3 is 2.71 bits per heavy atom. The minimum absolute atomic E-state index is 0.267. The highest BCUT2D eigenvalue weighted by Crippen LogP contribution is 2.20. The van der Waals surface area contributed by atoms with E-state index in [2.05, 4.69) is 0 Å². The molecule has 0 aliphatic heterocycles. The van der Waals surface area contributed by atoms with E-state index < -0.39 is 11.7 Å². The molecule has 3 nitrogen and oxygen atoms in total. The van der Waals surface area contributed by atoms with Gasteiger partial charge in [-0.2, -0.15) is 0 Å². The van der Waals surface area contributed by atoms with Crippen molar-refractivity contribution in [2.24, 2.45) is 0 Å². The summed E-state index contributed by atoms with van der Waals surface area (Å²) in [6.45, 7) is 2.24. The smallest absolute Gasteiger partial charge is 0.260 e. The zero-order chi connectivity index (χ0) is 10.7. The molecule has 1 aromatic carbocycles. The third-order valence-electron chi connectivity index (χ3n) is 2.03. The van der Waals surface area contributed by atoms with Crippen LogP contribution < -0.4 is 0 Å². The molecule has 0 saturated carbocycles. The summed E-state index contributed by atoms with van der Waals surface area (Å²) in [5.41, 5.74) is -0.267. The van der Waals surface area contributed by atoms with Crippen molar-refractivity contribution < 1.29 is 14.3 Å². The van der Waals surface area contributed by atoms with Gasteiger partial charge in [-0.05, 0) is 19.1 Å². The van der Waals surface area contributed by atoms with Crippen LogP contribution in [-0.4, -0.2) is 29.5 Å². The summed E-state index contributed by atoms with van der Waals surface area (Å²) < 4.78 is 13.2. The summed E-state index contributed by atoms with van der Waals surface area (Å²) in [7, 11) is 1.55. The average Bonchev–Trinajstić information content (AvgIpc) is 2.16. The Hall–Kier alpha value is -1.58. The Labute approximate surface area is 81.8 Å². The molecule has 1 N–H and O–H groups in total. The van der Waals surface area contributed by atoms with E-state index in [1.807, 2.05) is 0 Å². The molecule has 0 spiro atoms. The van der Waals surface area contributed by atoms with Gasteiger partial charge in [0.05, 0.1) is 0 Å². The highest BCUT2D eigenvalue weighted by atomic mass is 19.1. The van der Waals surface area contributed by atoms with E-state index in [4.69, 9.17) is 0 Å². The number of rotatable bonds is 2. The largest absolute Gasteiger partial charge is 0.507 e. The molecule has 0 saturated heterocycles. The molecule has 1 amide bonds. The van der Waals surface area contributed by atoms with Crippen LogP contribution in [0.25, 0.3) is 0 Å². The number of hydrogen-bond acceptors (Lipinski definition) is 2. The van der Waals surface area contributed by atoms with E-state index in [1.54, 1.807) is 14.0 Å². The van der Waals surface area contributed by atoms with Crippen LogP contribution in [0.5, 0.6) is 5.75 Å². The summed E-state index contributed by atoms with van der Waals surface area (Å²) in [5, 5.41) is 9.32. The van der Waals surface area contributed by atoms with Crippen molar-refractivity contribution >= 4 is 5.91 Å². The van der Waals surface area contributed by atoms with Gasteiger partial charge >= 0.3 is 0 Å². The predicted molar refractivity (Wildman–Crippen MR) is 50.7 cm³/mol. The molecule has 1 aromatic rings. The Bertz CT molecular complexity index is 332. The van der Waals surface area contributed by atoms with Crippen LogP contribution in [0.1, 0.15) is 17.3 Å². The van der Waals surface area contributed by atoms with Crippen molar-refractivity contribution in [3.63, 3.8) is 0 Å². The predicted octanol–water partition coefficient (Wildman–Crippen LogP) is 1.62.